The summed E-state index contributed by atoms with van der Waals surface area (Å²) in [5, 5.41) is 7.24. The normalized spacial score (nSPS) is 15.4. The zero-order valence-electron chi connectivity index (χ0n) is 19.0. The number of amides is 1. The Labute approximate surface area is 201 Å². The molecule has 1 fully saturated rings. The topological polar surface area (TPSA) is 71.8 Å². The van der Waals surface area contributed by atoms with Crippen LogP contribution < -0.4 is 5.32 Å². The average Bonchev–Trinajstić information content (AvgIpc) is 3.19. The first-order chi connectivity index (χ1) is 16.3. The Morgan fingerprint density at radius 1 is 1.26 bits per heavy atom. The second-order valence-electron chi connectivity index (χ2n) is 7.79. The van der Waals surface area contributed by atoms with Crippen molar-refractivity contribution in [3.05, 3.63) is 64.0 Å². The van der Waals surface area contributed by atoms with Crippen molar-refractivity contribution in [3.8, 4) is 0 Å². The van der Waals surface area contributed by atoms with E-state index in [9.17, 15) is 18.0 Å². The molecule has 0 radical (unpaired) electrons. The highest BCUT2D eigenvalue weighted by Crippen LogP contribution is 2.30. The minimum absolute atomic E-state index is 0.264. The molecule has 1 saturated heterocycles. The monoisotopic (exact) mass is 495 g/mol. The van der Waals surface area contributed by atoms with Crippen LogP contribution in [0.3, 0.4) is 0 Å². The molecule has 7 nitrogen and oxygen atoms in total. The summed E-state index contributed by atoms with van der Waals surface area (Å²) >= 11 is 1.33. The van der Waals surface area contributed by atoms with E-state index in [1.807, 2.05) is 11.6 Å². The van der Waals surface area contributed by atoms with Crippen LogP contribution in [0.2, 0.25) is 0 Å². The van der Waals surface area contributed by atoms with Crippen LogP contribution in [0.5, 0.6) is 0 Å². The van der Waals surface area contributed by atoms with E-state index in [0.717, 1.165) is 55.6 Å². The van der Waals surface area contributed by atoms with E-state index in [2.05, 4.69) is 27.0 Å². The number of alkyl halides is 3. The smallest absolute Gasteiger partial charge is 0.379 e. The van der Waals surface area contributed by atoms with Crippen molar-refractivity contribution >= 4 is 24.4 Å². The lowest BCUT2D eigenvalue weighted by molar-refractivity contribution is -0.137. The van der Waals surface area contributed by atoms with E-state index in [1.54, 1.807) is 12.3 Å². The molecule has 2 aromatic rings. The fourth-order valence-corrected chi connectivity index (χ4v) is 4.25. The number of rotatable bonds is 10. The van der Waals surface area contributed by atoms with Gasteiger partial charge in [0.15, 0.2) is 0 Å². The number of hydrogen-bond donors (Lipinski definition) is 1. The predicted octanol–water partition coefficient (Wildman–Crippen LogP) is 3.75. The van der Waals surface area contributed by atoms with Crippen molar-refractivity contribution in [1.82, 2.24) is 20.0 Å². The molecule has 0 atom stereocenters. The van der Waals surface area contributed by atoms with Crippen LogP contribution in [0.15, 0.2) is 46.4 Å². The van der Waals surface area contributed by atoms with Crippen molar-refractivity contribution in [3.63, 3.8) is 0 Å². The van der Waals surface area contributed by atoms with E-state index in [-0.39, 0.29) is 11.8 Å². The Kier molecular flexibility index (Phi) is 9.31. The number of halogens is 3. The number of carbonyl (C=O) groups is 1. The summed E-state index contributed by atoms with van der Waals surface area (Å²) < 4.78 is 45.4. The summed E-state index contributed by atoms with van der Waals surface area (Å²) in [4.78, 5) is 19.4. The van der Waals surface area contributed by atoms with Gasteiger partial charge in [-0.25, -0.2) is 0 Å². The summed E-state index contributed by atoms with van der Waals surface area (Å²) in [7, 11) is 0. The van der Waals surface area contributed by atoms with E-state index in [0.29, 0.717) is 24.2 Å². The second-order valence-corrected chi connectivity index (χ2v) is 8.89. The van der Waals surface area contributed by atoms with Gasteiger partial charge >= 0.3 is 6.18 Å². The number of carbonyl (C=O) groups excluding carboxylic acids is 1. The number of aliphatic imine (C=N–C) groups is 1. The fraction of sp³-hybridized carbons (Fsp3) is 0.435. The molecule has 11 heteroatoms. The molecule has 1 aliphatic rings. The Bertz CT molecular complexity index is 999. The molecule has 1 aromatic heterocycles. The molecule has 34 heavy (non-hydrogen) atoms. The first-order valence-corrected chi connectivity index (χ1v) is 11.8. The molecule has 1 amide bonds. The Balaban J connectivity index is 1.49. The highest BCUT2D eigenvalue weighted by Gasteiger charge is 2.29. The van der Waals surface area contributed by atoms with Crippen molar-refractivity contribution in [1.29, 1.82) is 0 Å². The summed E-state index contributed by atoms with van der Waals surface area (Å²) in [6, 6.07) is 6.73. The van der Waals surface area contributed by atoms with Gasteiger partial charge in [-0.3, -0.25) is 19.4 Å². The van der Waals surface area contributed by atoms with Gasteiger partial charge in [-0.1, -0.05) is 12.1 Å². The molecule has 1 aromatic carbocycles. The van der Waals surface area contributed by atoms with Crippen molar-refractivity contribution in [2.75, 3.05) is 38.7 Å². The van der Waals surface area contributed by atoms with Crippen LogP contribution in [0.25, 0.3) is 0 Å². The van der Waals surface area contributed by atoms with E-state index in [1.165, 1.54) is 23.9 Å². The third-order valence-corrected chi connectivity index (χ3v) is 6.24. The molecular formula is C23H28F3N5O2S. The van der Waals surface area contributed by atoms with E-state index >= 15 is 0 Å². The molecule has 2 heterocycles. The van der Waals surface area contributed by atoms with Gasteiger partial charge < -0.3 is 10.1 Å². The molecule has 184 valence electrons. The molecule has 0 aliphatic carbocycles. The van der Waals surface area contributed by atoms with Gasteiger partial charge in [0.25, 0.3) is 5.91 Å². The summed E-state index contributed by atoms with van der Waals surface area (Å²) in [6.07, 6.45) is -2.45. The van der Waals surface area contributed by atoms with Crippen molar-refractivity contribution < 1.29 is 22.7 Å². The van der Waals surface area contributed by atoms with Gasteiger partial charge in [-0.2, -0.15) is 18.3 Å². The van der Waals surface area contributed by atoms with Crippen LogP contribution in [-0.4, -0.2) is 66.0 Å². The summed E-state index contributed by atoms with van der Waals surface area (Å²) in [6.45, 7) is 10.2. The number of morpholine rings is 1. The number of hydrogen-bond acceptors (Lipinski definition) is 6. The van der Waals surface area contributed by atoms with Crippen LogP contribution in [0, 0.1) is 6.92 Å². The number of benzene rings is 1. The first-order valence-electron chi connectivity index (χ1n) is 10.8. The lowest BCUT2D eigenvalue weighted by Crippen LogP contribution is -2.38. The number of thioether (sulfide) groups is 1. The molecule has 0 bridgehead atoms. The predicted molar refractivity (Wildman–Crippen MR) is 127 cm³/mol. The molecule has 1 aliphatic heterocycles. The molecule has 0 saturated carbocycles. The van der Waals surface area contributed by atoms with Crippen LogP contribution >= 0.6 is 11.8 Å². The van der Waals surface area contributed by atoms with Gasteiger partial charge in [0.1, 0.15) is 5.69 Å². The van der Waals surface area contributed by atoms with Gasteiger partial charge in [0.05, 0.1) is 31.2 Å². The number of aryl methyl sites for hydroxylation is 1. The Morgan fingerprint density at radius 3 is 2.62 bits per heavy atom. The van der Waals surface area contributed by atoms with Crippen LogP contribution in [0.1, 0.15) is 27.3 Å². The molecule has 3 rings (SSSR count). The highest BCUT2D eigenvalue weighted by atomic mass is 32.2. The third kappa shape index (κ3) is 7.71. The minimum atomic E-state index is -4.37. The number of nitrogens with one attached hydrogen (secondary N) is 1. The zero-order chi connectivity index (χ0) is 24.6. The largest absolute Gasteiger partial charge is 0.416 e. The van der Waals surface area contributed by atoms with Gasteiger partial charge in [0, 0.05) is 42.9 Å². The third-order valence-electron chi connectivity index (χ3n) is 5.33. The first kappa shape index (κ1) is 26.0. The SMILES string of the molecule is C=N/C=C(/Cc1ccc(C(F)(F)F)cc1)SCNC(=O)c1cc(C)n(CCN2CCOCC2)n1. The zero-order valence-corrected chi connectivity index (χ0v) is 19.8. The standard InChI is InChI=1S/C23H28F3N5O2S/c1-17-13-21(29-31(17)8-7-30-9-11-33-12-10-30)22(32)28-16-34-20(15-27-2)14-18-3-5-19(6-4-18)23(24,25)26/h3-6,13,15H,2,7-12,14,16H2,1H3,(H,28,32)/b20-15-. The van der Waals surface area contributed by atoms with Crippen molar-refractivity contribution in [2.45, 2.75) is 26.1 Å². The lowest BCUT2D eigenvalue weighted by Gasteiger charge is -2.26. The number of nitrogens with zero attached hydrogens (tertiary/aromatic N) is 4. The molecule has 0 spiro atoms. The minimum Gasteiger partial charge on any atom is -0.379 e. The van der Waals surface area contributed by atoms with Crippen LogP contribution in [-0.2, 0) is 23.9 Å². The Hall–Kier alpha value is -2.63. The molecule has 0 unspecified atom stereocenters. The van der Waals surface area contributed by atoms with Crippen LogP contribution in [0.4, 0.5) is 13.2 Å². The maximum absolute atomic E-state index is 12.7. The molecular weight excluding hydrogens is 467 g/mol. The van der Waals surface area contributed by atoms with Gasteiger partial charge in [-0.15, -0.1) is 11.8 Å². The van der Waals surface area contributed by atoms with E-state index in [4.69, 9.17) is 4.74 Å². The van der Waals surface area contributed by atoms with Gasteiger partial charge in [0.2, 0.25) is 0 Å². The second kappa shape index (κ2) is 12.2. The van der Waals surface area contributed by atoms with Crippen molar-refractivity contribution in [2.24, 2.45) is 4.99 Å². The number of ether oxygens (including phenoxy) is 1. The molecule has 1 N–H and O–H groups in total. The van der Waals surface area contributed by atoms with Gasteiger partial charge in [-0.05, 0) is 37.4 Å². The fourth-order valence-electron chi connectivity index (χ4n) is 3.44. The summed E-state index contributed by atoms with van der Waals surface area (Å²) in [5.41, 5.74) is 1.26. The number of allylic oxidation sites excluding steroid dienone is 1. The number of aromatic nitrogens is 2. The van der Waals surface area contributed by atoms with E-state index < -0.39 is 11.7 Å². The highest BCUT2D eigenvalue weighted by molar-refractivity contribution is 8.03. The quantitative estimate of drug-likeness (QED) is 0.402. The summed E-state index contributed by atoms with van der Waals surface area (Å²) in [5.74, 6) is -0.0262. The lowest BCUT2D eigenvalue weighted by atomic mass is 10.1. The Morgan fingerprint density at radius 2 is 1.97 bits per heavy atom. The average molecular weight is 496 g/mol. The maximum atomic E-state index is 12.7. The maximum Gasteiger partial charge on any atom is 0.416 e.